The first-order valence-electron chi connectivity index (χ1n) is 8.97. The fraction of sp³-hybridized carbons (Fsp3) is 0.500. The first kappa shape index (κ1) is 16.3. The topological polar surface area (TPSA) is 55.8 Å². The van der Waals surface area contributed by atoms with Gasteiger partial charge in [0.25, 0.3) is 0 Å². The van der Waals surface area contributed by atoms with Gasteiger partial charge in [-0.2, -0.15) is 0 Å². The van der Waals surface area contributed by atoms with Crippen molar-refractivity contribution in [1.29, 1.82) is 0 Å². The Balaban J connectivity index is 1.59. The zero-order valence-corrected chi connectivity index (χ0v) is 14.6. The minimum atomic E-state index is -0.693. The minimum Gasteiger partial charge on any atom is -0.465 e. The Morgan fingerprint density at radius 1 is 1.36 bits per heavy atom. The lowest BCUT2D eigenvalue weighted by Gasteiger charge is -2.22. The predicted molar refractivity (Wildman–Crippen MR) is 93.1 cm³/mol. The van der Waals surface area contributed by atoms with Crippen LogP contribution in [0.4, 0.5) is 5.69 Å². The third kappa shape index (κ3) is 2.49. The number of anilines is 1. The molecule has 2 saturated heterocycles. The van der Waals surface area contributed by atoms with E-state index in [1.54, 1.807) is 4.90 Å². The van der Waals surface area contributed by atoms with Crippen molar-refractivity contribution in [2.45, 2.75) is 38.4 Å². The van der Waals surface area contributed by atoms with Crippen LogP contribution in [0.3, 0.4) is 0 Å². The molecule has 1 amide bonds. The number of unbranched alkanes of at least 4 members (excludes halogenated alkanes) is 1. The molecule has 0 aliphatic carbocycles. The van der Waals surface area contributed by atoms with Gasteiger partial charge in [-0.25, -0.2) is 0 Å². The fourth-order valence-electron chi connectivity index (χ4n) is 4.12. The molecule has 1 spiro atoms. The zero-order valence-electron chi connectivity index (χ0n) is 14.6. The van der Waals surface area contributed by atoms with Gasteiger partial charge < -0.3 is 14.4 Å². The van der Waals surface area contributed by atoms with E-state index in [0.29, 0.717) is 13.2 Å². The molecule has 0 N–H and O–H groups in total. The average molecular weight is 341 g/mol. The van der Waals surface area contributed by atoms with Gasteiger partial charge in [0.15, 0.2) is 0 Å². The molecule has 2 bridgehead atoms. The first-order chi connectivity index (χ1) is 12.1. The molecule has 3 heterocycles. The van der Waals surface area contributed by atoms with E-state index >= 15 is 0 Å². The normalized spacial score (nSPS) is 32.3. The van der Waals surface area contributed by atoms with E-state index < -0.39 is 17.4 Å². The second-order valence-corrected chi connectivity index (χ2v) is 7.18. The SMILES string of the molecule is CCCCOC(=O)C1C2C=CC3(CN(c4ccc(C)cc4)C(=O)C13)O2. The van der Waals surface area contributed by atoms with Gasteiger partial charge >= 0.3 is 5.97 Å². The molecule has 0 aromatic heterocycles. The highest BCUT2D eigenvalue weighted by atomic mass is 16.6. The molecule has 5 heteroatoms. The third-order valence-electron chi connectivity index (χ3n) is 5.46. The van der Waals surface area contributed by atoms with Gasteiger partial charge in [0.05, 0.1) is 25.2 Å². The number of carbonyl (C=O) groups excluding carboxylic acids is 2. The molecule has 4 rings (SSSR count). The molecule has 1 aromatic rings. The largest absolute Gasteiger partial charge is 0.465 e. The van der Waals surface area contributed by atoms with E-state index in [1.807, 2.05) is 50.3 Å². The highest BCUT2D eigenvalue weighted by Crippen LogP contribution is 2.52. The van der Waals surface area contributed by atoms with Crippen molar-refractivity contribution in [1.82, 2.24) is 0 Å². The summed E-state index contributed by atoms with van der Waals surface area (Å²) in [5.74, 6) is -1.38. The summed E-state index contributed by atoms with van der Waals surface area (Å²) in [4.78, 5) is 27.4. The van der Waals surface area contributed by atoms with Crippen molar-refractivity contribution in [2.75, 3.05) is 18.1 Å². The molecule has 132 valence electrons. The van der Waals surface area contributed by atoms with Crippen molar-refractivity contribution in [3.8, 4) is 0 Å². The molecule has 4 atom stereocenters. The highest BCUT2D eigenvalue weighted by molar-refractivity contribution is 6.02. The number of aryl methyl sites for hydroxylation is 1. The van der Waals surface area contributed by atoms with Crippen molar-refractivity contribution >= 4 is 17.6 Å². The summed E-state index contributed by atoms with van der Waals surface area (Å²) >= 11 is 0. The van der Waals surface area contributed by atoms with E-state index in [1.165, 1.54) is 0 Å². The van der Waals surface area contributed by atoms with Crippen LogP contribution in [0.25, 0.3) is 0 Å². The van der Waals surface area contributed by atoms with Crippen LogP contribution in [0.1, 0.15) is 25.3 Å². The van der Waals surface area contributed by atoms with Crippen molar-refractivity contribution in [3.05, 3.63) is 42.0 Å². The van der Waals surface area contributed by atoms with Gasteiger partial charge in [-0.1, -0.05) is 43.2 Å². The summed E-state index contributed by atoms with van der Waals surface area (Å²) < 4.78 is 11.5. The van der Waals surface area contributed by atoms with E-state index in [2.05, 4.69) is 0 Å². The van der Waals surface area contributed by atoms with E-state index in [0.717, 1.165) is 24.1 Å². The molecule has 3 aliphatic heterocycles. The van der Waals surface area contributed by atoms with Gasteiger partial charge in [0, 0.05) is 5.69 Å². The number of amides is 1. The second kappa shape index (κ2) is 5.99. The van der Waals surface area contributed by atoms with Gasteiger partial charge in [0.1, 0.15) is 11.5 Å². The molecule has 3 aliphatic rings. The van der Waals surface area contributed by atoms with Gasteiger partial charge in [-0.15, -0.1) is 0 Å². The Labute approximate surface area is 147 Å². The number of hydrogen-bond donors (Lipinski definition) is 0. The van der Waals surface area contributed by atoms with E-state index in [-0.39, 0.29) is 18.0 Å². The summed E-state index contributed by atoms with van der Waals surface area (Å²) in [6.07, 6.45) is 5.33. The summed E-state index contributed by atoms with van der Waals surface area (Å²) in [6, 6.07) is 7.85. The lowest BCUT2D eigenvalue weighted by molar-refractivity contribution is -0.152. The van der Waals surface area contributed by atoms with Crippen molar-refractivity contribution in [3.63, 3.8) is 0 Å². The second-order valence-electron chi connectivity index (χ2n) is 7.18. The highest BCUT2D eigenvalue weighted by Gasteiger charge is 2.67. The fourth-order valence-corrected chi connectivity index (χ4v) is 4.12. The standard InChI is InChI=1S/C20H23NO4/c1-3-4-11-24-19(23)16-15-9-10-20(25-15)12-21(18(22)17(16)20)14-7-5-13(2)6-8-14/h5-10,15-17H,3-4,11-12H2,1-2H3. The third-order valence-corrected chi connectivity index (χ3v) is 5.46. The monoisotopic (exact) mass is 341 g/mol. The Hall–Kier alpha value is -2.14. The van der Waals surface area contributed by atoms with Gasteiger partial charge in [-0.3, -0.25) is 9.59 Å². The van der Waals surface area contributed by atoms with Crippen LogP contribution in [-0.2, 0) is 19.1 Å². The Kier molecular flexibility index (Phi) is 3.91. The number of ether oxygens (including phenoxy) is 2. The first-order valence-corrected chi connectivity index (χ1v) is 8.97. The molecule has 1 aromatic carbocycles. The molecule has 4 unspecified atom stereocenters. The van der Waals surface area contributed by atoms with Crippen LogP contribution >= 0.6 is 0 Å². The van der Waals surface area contributed by atoms with Crippen LogP contribution < -0.4 is 4.90 Å². The predicted octanol–water partition coefficient (Wildman–Crippen LogP) is 2.62. The molecule has 5 nitrogen and oxygen atoms in total. The number of benzene rings is 1. The molecule has 0 radical (unpaired) electrons. The Morgan fingerprint density at radius 2 is 2.12 bits per heavy atom. The average Bonchev–Trinajstić information content (AvgIpc) is 3.24. The quantitative estimate of drug-likeness (QED) is 0.469. The van der Waals surface area contributed by atoms with Crippen LogP contribution in [0, 0.1) is 18.8 Å². The maximum atomic E-state index is 13.1. The summed E-state index contributed by atoms with van der Waals surface area (Å²) in [5.41, 5.74) is 1.29. The van der Waals surface area contributed by atoms with Crippen LogP contribution in [-0.4, -0.2) is 36.7 Å². The molecule has 0 saturated carbocycles. The van der Waals surface area contributed by atoms with Crippen LogP contribution in [0.5, 0.6) is 0 Å². The van der Waals surface area contributed by atoms with Gasteiger partial charge in [-0.05, 0) is 25.5 Å². The number of hydrogen-bond acceptors (Lipinski definition) is 4. The maximum absolute atomic E-state index is 13.1. The summed E-state index contributed by atoms with van der Waals surface area (Å²) in [5, 5.41) is 0. The maximum Gasteiger partial charge on any atom is 0.312 e. The molecular formula is C20H23NO4. The van der Waals surface area contributed by atoms with Crippen LogP contribution in [0.2, 0.25) is 0 Å². The lowest BCUT2D eigenvalue weighted by Crippen LogP contribution is -2.40. The van der Waals surface area contributed by atoms with Crippen molar-refractivity contribution in [2.24, 2.45) is 11.8 Å². The number of esters is 1. The summed E-state index contributed by atoms with van der Waals surface area (Å²) in [6.45, 7) is 4.91. The van der Waals surface area contributed by atoms with Gasteiger partial charge in [0.2, 0.25) is 5.91 Å². The number of rotatable bonds is 5. The minimum absolute atomic E-state index is 0.0480. The van der Waals surface area contributed by atoms with Crippen molar-refractivity contribution < 1.29 is 19.1 Å². The summed E-state index contributed by atoms with van der Waals surface area (Å²) in [7, 11) is 0. The lowest BCUT2D eigenvalue weighted by atomic mass is 9.77. The smallest absolute Gasteiger partial charge is 0.312 e. The molecule has 2 fully saturated rings. The Bertz CT molecular complexity index is 726. The number of fused-ring (bicyclic) bond motifs is 1. The Morgan fingerprint density at radius 3 is 2.84 bits per heavy atom. The number of nitrogens with zero attached hydrogens (tertiary/aromatic N) is 1. The zero-order chi connectivity index (χ0) is 17.6. The van der Waals surface area contributed by atoms with E-state index in [9.17, 15) is 9.59 Å². The van der Waals surface area contributed by atoms with Crippen LogP contribution in [0.15, 0.2) is 36.4 Å². The number of carbonyl (C=O) groups is 2. The molecule has 25 heavy (non-hydrogen) atoms. The van der Waals surface area contributed by atoms with E-state index in [4.69, 9.17) is 9.47 Å². The molecular weight excluding hydrogens is 318 g/mol.